The molecule has 0 aliphatic rings. The van der Waals surface area contributed by atoms with Crippen molar-refractivity contribution < 1.29 is 0 Å². The lowest BCUT2D eigenvalue weighted by molar-refractivity contribution is 0.745. The van der Waals surface area contributed by atoms with E-state index < -0.39 is 0 Å². The van der Waals surface area contributed by atoms with Crippen LogP contribution in [0.2, 0.25) is 0 Å². The SMILES string of the molecule is CCCN(CCC)c1ccc(C(N)=S)cc1.Cl. The summed E-state index contributed by atoms with van der Waals surface area (Å²) >= 11 is 4.94. The minimum absolute atomic E-state index is 0. The molecule has 0 saturated heterocycles. The van der Waals surface area contributed by atoms with Crippen LogP contribution < -0.4 is 10.6 Å². The van der Waals surface area contributed by atoms with Crippen LogP contribution in [0.15, 0.2) is 24.3 Å². The number of hydrogen-bond acceptors (Lipinski definition) is 2. The van der Waals surface area contributed by atoms with Crippen LogP contribution in [0.1, 0.15) is 32.3 Å². The van der Waals surface area contributed by atoms with E-state index >= 15 is 0 Å². The minimum atomic E-state index is 0. The van der Waals surface area contributed by atoms with Crippen molar-refractivity contribution in [1.29, 1.82) is 0 Å². The quantitative estimate of drug-likeness (QED) is 0.805. The van der Waals surface area contributed by atoms with Crippen molar-refractivity contribution in [1.82, 2.24) is 0 Å². The number of nitrogens with zero attached hydrogens (tertiary/aromatic N) is 1. The number of rotatable bonds is 6. The van der Waals surface area contributed by atoms with Gasteiger partial charge in [0, 0.05) is 24.3 Å². The molecule has 2 N–H and O–H groups in total. The van der Waals surface area contributed by atoms with Crippen LogP contribution in [0, 0.1) is 0 Å². The molecule has 0 spiro atoms. The lowest BCUT2D eigenvalue weighted by atomic mass is 10.2. The Balaban J connectivity index is 0.00000256. The van der Waals surface area contributed by atoms with Gasteiger partial charge in [-0.25, -0.2) is 0 Å². The minimum Gasteiger partial charge on any atom is -0.389 e. The molecular weight excluding hydrogens is 252 g/mol. The number of anilines is 1. The third kappa shape index (κ3) is 4.92. The van der Waals surface area contributed by atoms with Gasteiger partial charge in [0.15, 0.2) is 0 Å². The first-order valence-electron chi connectivity index (χ1n) is 5.83. The van der Waals surface area contributed by atoms with E-state index in [1.54, 1.807) is 0 Å². The van der Waals surface area contributed by atoms with Crippen LogP contribution in [0.3, 0.4) is 0 Å². The van der Waals surface area contributed by atoms with E-state index in [2.05, 4.69) is 30.9 Å². The van der Waals surface area contributed by atoms with Gasteiger partial charge >= 0.3 is 0 Å². The van der Waals surface area contributed by atoms with Gasteiger partial charge in [0.05, 0.1) is 0 Å². The molecule has 0 fully saturated rings. The Kier molecular flexibility index (Phi) is 7.92. The Morgan fingerprint density at radius 2 is 1.59 bits per heavy atom. The smallest absolute Gasteiger partial charge is 0.103 e. The van der Waals surface area contributed by atoms with Crippen LogP contribution >= 0.6 is 24.6 Å². The predicted octanol–water partition coefficient (Wildman–Crippen LogP) is 3.37. The van der Waals surface area contributed by atoms with Crippen LogP contribution in [0.4, 0.5) is 5.69 Å². The summed E-state index contributed by atoms with van der Waals surface area (Å²) in [5, 5.41) is 0. The van der Waals surface area contributed by atoms with Crippen LogP contribution in [-0.2, 0) is 0 Å². The maximum atomic E-state index is 5.58. The average molecular weight is 273 g/mol. The molecule has 0 radical (unpaired) electrons. The highest BCUT2D eigenvalue weighted by Crippen LogP contribution is 2.16. The molecule has 4 heteroatoms. The molecule has 0 aliphatic heterocycles. The zero-order valence-electron chi connectivity index (χ0n) is 10.5. The average Bonchev–Trinajstić information content (AvgIpc) is 2.29. The molecular formula is C13H21ClN2S. The number of halogens is 1. The molecule has 0 saturated carbocycles. The van der Waals surface area contributed by atoms with Crippen molar-refractivity contribution in [3.05, 3.63) is 29.8 Å². The van der Waals surface area contributed by atoms with E-state index in [-0.39, 0.29) is 12.4 Å². The highest BCUT2D eigenvalue weighted by Gasteiger charge is 2.04. The van der Waals surface area contributed by atoms with Crippen molar-refractivity contribution in [2.75, 3.05) is 18.0 Å². The van der Waals surface area contributed by atoms with Crippen molar-refractivity contribution in [3.8, 4) is 0 Å². The first kappa shape index (κ1) is 16.2. The van der Waals surface area contributed by atoms with Gasteiger partial charge in [-0.05, 0) is 37.1 Å². The maximum Gasteiger partial charge on any atom is 0.103 e. The third-order valence-corrected chi connectivity index (χ3v) is 2.74. The molecule has 0 atom stereocenters. The molecule has 1 aromatic carbocycles. The Labute approximate surface area is 116 Å². The number of hydrogen-bond donors (Lipinski definition) is 1. The van der Waals surface area contributed by atoms with Gasteiger partial charge < -0.3 is 10.6 Å². The Morgan fingerprint density at radius 1 is 1.12 bits per heavy atom. The fraction of sp³-hybridized carbons (Fsp3) is 0.462. The summed E-state index contributed by atoms with van der Waals surface area (Å²) < 4.78 is 0. The Hall–Kier alpha value is -0.800. The highest BCUT2D eigenvalue weighted by atomic mass is 35.5. The molecule has 0 aliphatic carbocycles. The fourth-order valence-corrected chi connectivity index (χ4v) is 1.88. The zero-order valence-corrected chi connectivity index (χ0v) is 12.1. The topological polar surface area (TPSA) is 29.3 Å². The predicted molar refractivity (Wildman–Crippen MR) is 82.4 cm³/mol. The van der Waals surface area contributed by atoms with E-state index in [9.17, 15) is 0 Å². The molecule has 1 rings (SSSR count). The lowest BCUT2D eigenvalue weighted by Crippen LogP contribution is -2.24. The molecule has 0 aromatic heterocycles. The van der Waals surface area contributed by atoms with Gasteiger partial charge in [-0.15, -0.1) is 12.4 Å². The fourth-order valence-electron chi connectivity index (χ4n) is 1.75. The first-order chi connectivity index (χ1) is 7.69. The third-order valence-electron chi connectivity index (χ3n) is 2.50. The van der Waals surface area contributed by atoms with E-state index in [1.165, 1.54) is 5.69 Å². The van der Waals surface area contributed by atoms with Gasteiger partial charge in [-0.2, -0.15) is 0 Å². The van der Waals surface area contributed by atoms with Crippen molar-refractivity contribution in [2.45, 2.75) is 26.7 Å². The second-order valence-corrected chi connectivity index (χ2v) is 4.34. The Morgan fingerprint density at radius 3 is 1.94 bits per heavy atom. The molecule has 0 unspecified atom stereocenters. The molecule has 17 heavy (non-hydrogen) atoms. The largest absolute Gasteiger partial charge is 0.389 e. The van der Waals surface area contributed by atoms with Crippen molar-refractivity contribution in [2.24, 2.45) is 5.73 Å². The van der Waals surface area contributed by atoms with Crippen molar-refractivity contribution in [3.63, 3.8) is 0 Å². The van der Waals surface area contributed by atoms with Gasteiger partial charge in [0.1, 0.15) is 4.99 Å². The summed E-state index contributed by atoms with van der Waals surface area (Å²) in [4.78, 5) is 2.85. The van der Waals surface area contributed by atoms with Crippen LogP contribution in [0.25, 0.3) is 0 Å². The summed E-state index contributed by atoms with van der Waals surface area (Å²) in [5.41, 5.74) is 7.77. The highest BCUT2D eigenvalue weighted by molar-refractivity contribution is 7.80. The number of nitrogens with two attached hydrogens (primary N) is 1. The van der Waals surface area contributed by atoms with Crippen LogP contribution in [-0.4, -0.2) is 18.1 Å². The van der Waals surface area contributed by atoms with Crippen molar-refractivity contribution >= 4 is 35.3 Å². The summed E-state index contributed by atoms with van der Waals surface area (Å²) in [6.45, 7) is 6.60. The molecule has 2 nitrogen and oxygen atoms in total. The first-order valence-corrected chi connectivity index (χ1v) is 6.24. The molecule has 96 valence electrons. The zero-order chi connectivity index (χ0) is 12.0. The molecule has 0 bridgehead atoms. The molecule has 1 aromatic rings. The molecule has 0 amide bonds. The standard InChI is InChI=1S/C13H20N2S.ClH/c1-3-9-15(10-4-2)12-7-5-11(6-8-12)13(14)16;/h5-8H,3-4,9-10H2,1-2H3,(H2,14,16);1H. The Bertz CT molecular complexity index is 332. The number of thiocarbonyl (C=S) groups is 1. The monoisotopic (exact) mass is 272 g/mol. The second-order valence-electron chi connectivity index (χ2n) is 3.90. The summed E-state index contributed by atoms with van der Waals surface area (Å²) in [6, 6.07) is 8.19. The van der Waals surface area contributed by atoms with E-state index in [0.717, 1.165) is 31.5 Å². The summed E-state index contributed by atoms with van der Waals surface area (Å²) in [5.74, 6) is 0. The summed E-state index contributed by atoms with van der Waals surface area (Å²) in [7, 11) is 0. The maximum absolute atomic E-state index is 5.58. The van der Waals surface area contributed by atoms with E-state index in [0.29, 0.717) is 4.99 Å². The lowest BCUT2D eigenvalue weighted by Gasteiger charge is -2.23. The summed E-state index contributed by atoms with van der Waals surface area (Å²) in [6.07, 6.45) is 2.33. The van der Waals surface area contributed by atoms with Gasteiger partial charge in [-0.1, -0.05) is 26.1 Å². The van der Waals surface area contributed by atoms with Gasteiger partial charge in [0.25, 0.3) is 0 Å². The normalized spacial score (nSPS) is 9.53. The van der Waals surface area contributed by atoms with E-state index in [1.807, 2.05) is 12.1 Å². The van der Waals surface area contributed by atoms with Crippen LogP contribution in [0.5, 0.6) is 0 Å². The van der Waals surface area contributed by atoms with Gasteiger partial charge in [-0.3, -0.25) is 0 Å². The van der Waals surface area contributed by atoms with Gasteiger partial charge in [0.2, 0.25) is 0 Å². The van der Waals surface area contributed by atoms with E-state index in [4.69, 9.17) is 18.0 Å². The number of benzene rings is 1. The second kappa shape index (κ2) is 8.31. The molecule has 0 heterocycles.